The molecule has 10 heteroatoms. The number of halogens is 3. The molecular weight excluding hydrogens is 449 g/mol. The summed E-state index contributed by atoms with van der Waals surface area (Å²) in [5.41, 5.74) is 2.25. The maximum absolute atomic E-state index is 13.8. The van der Waals surface area contributed by atoms with Crippen LogP contribution in [0.3, 0.4) is 0 Å². The predicted molar refractivity (Wildman–Crippen MR) is 120 cm³/mol. The molecule has 0 radical (unpaired) electrons. The summed E-state index contributed by atoms with van der Waals surface area (Å²) in [6.07, 6.45) is 7.10. The minimum Gasteiger partial charge on any atom is -0.506 e. The minimum absolute atomic E-state index is 0.00686. The Hall–Kier alpha value is -3.79. The summed E-state index contributed by atoms with van der Waals surface area (Å²) in [7, 11) is 0. The van der Waals surface area contributed by atoms with Crippen molar-refractivity contribution in [3.63, 3.8) is 0 Å². The lowest BCUT2D eigenvalue weighted by atomic mass is 10.0. The SMILES string of the molecule is Cc1cn(-c2ccc(/C=C/C3=NOC[C@H](c4cc(F)c(F)c(F)c4)N3CCCO)cc2O)cn1. The van der Waals surface area contributed by atoms with Gasteiger partial charge < -0.3 is 24.5 Å². The number of hydrogen-bond donors (Lipinski definition) is 2. The number of imidazole rings is 1. The van der Waals surface area contributed by atoms with E-state index in [9.17, 15) is 23.4 Å². The van der Waals surface area contributed by atoms with E-state index in [-0.39, 0.29) is 24.5 Å². The highest BCUT2D eigenvalue weighted by atomic mass is 19.2. The quantitative estimate of drug-likeness (QED) is 0.507. The molecule has 0 fully saturated rings. The Labute approximate surface area is 194 Å². The molecule has 0 bridgehead atoms. The van der Waals surface area contributed by atoms with E-state index in [2.05, 4.69) is 10.1 Å². The Morgan fingerprint density at radius 1 is 1.15 bits per heavy atom. The van der Waals surface area contributed by atoms with Crippen LogP contribution in [-0.4, -0.2) is 50.3 Å². The lowest BCUT2D eigenvalue weighted by molar-refractivity contribution is 0.0589. The molecule has 2 aromatic carbocycles. The third-order valence-electron chi connectivity index (χ3n) is 5.42. The van der Waals surface area contributed by atoms with E-state index < -0.39 is 23.5 Å². The Kier molecular flexibility index (Phi) is 6.87. The van der Waals surface area contributed by atoms with Crippen LogP contribution >= 0.6 is 0 Å². The number of hydrogen-bond acceptors (Lipinski definition) is 6. The van der Waals surface area contributed by atoms with Gasteiger partial charge in [-0.15, -0.1) is 0 Å². The van der Waals surface area contributed by atoms with Crippen molar-refractivity contribution in [1.82, 2.24) is 14.5 Å². The number of amidine groups is 1. The first-order chi connectivity index (χ1) is 16.4. The number of rotatable bonds is 7. The third kappa shape index (κ3) is 4.91. The van der Waals surface area contributed by atoms with Crippen molar-refractivity contribution in [2.45, 2.75) is 19.4 Å². The smallest absolute Gasteiger partial charge is 0.194 e. The lowest BCUT2D eigenvalue weighted by Crippen LogP contribution is -2.40. The second-order valence-electron chi connectivity index (χ2n) is 7.83. The van der Waals surface area contributed by atoms with Gasteiger partial charge in [-0.2, -0.15) is 0 Å². The number of aliphatic hydroxyl groups is 1. The molecule has 4 rings (SSSR count). The maximum atomic E-state index is 13.8. The summed E-state index contributed by atoms with van der Waals surface area (Å²) in [5.74, 6) is -3.72. The number of oxime groups is 1. The third-order valence-corrected chi connectivity index (χ3v) is 5.42. The molecule has 1 aliphatic rings. The number of phenolic OH excluding ortho intramolecular Hbond substituents is 1. The molecular formula is C24H23F3N4O3. The molecule has 0 saturated heterocycles. The van der Waals surface area contributed by atoms with Gasteiger partial charge in [-0.05, 0) is 54.8 Å². The molecule has 2 heterocycles. The van der Waals surface area contributed by atoms with Gasteiger partial charge in [-0.1, -0.05) is 17.3 Å². The van der Waals surface area contributed by atoms with Crippen LogP contribution in [0.4, 0.5) is 13.2 Å². The Morgan fingerprint density at radius 3 is 2.56 bits per heavy atom. The fraction of sp³-hybridized carbons (Fsp3) is 0.250. The van der Waals surface area contributed by atoms with Crippen LogP contribution in [0.25, 0.3) is 11.8 Å². The standard InChI is InChI=1S/C24H23F3N4O3/c1-15-12-30(14-28-15)20-5-3-16(9-22(20)33)4-6-23-29-34-13-21(31(23)7-2-8-32)17-10-18(25)24(27)19(26)11-17/h3-6,9-12,14,21,32-33H,2,7-8,13H2,1H3/b6-4+/t21-/m1/s1. The van der Waals surface area contributed by atoms with E-state index in [0.29, 0.717) is 30.1 Å². The summed E-state index contributed by atoms with van der Waals surface area (Å²) >= 11 is 0. The zero-order valence-corrected chi connectivity index (χ0v) is 18.3. The van der Waals surface area contributed by atoms with Gasteiger partial charge in [-0.3, -0.25) is 0 Å². The van der Waals surface area contributed by atoms with Crippen molar-refractivity contribution in [2.24, 2.45) is 5.16 Å². The second-order valence-corrected chi connectivity index (χ2v) is 7.83. The average Bonchev–Trinajstić information content (AvgIpc) is 3.25. The van der Waals surface area contributed by atoms with Crippen LogP contribution in [0.5, 0.6) is 5.75 Å². The predicted octanol–water partition coefficient (Wildman–Crippen LogP) is 4.09. The van der Waals surface area contributed by atoms with Gasteiger partial charge in [-0.25, -0.2) is 18.2 Å². The normalized spacial score (nSPS) is 16.1. The molecule has 178 valence electrons. The molecule has 3 aromatic rings. The number of aromatic nitrogens is 2. The molecule has 1 atom stereocenters. The molecule has 0 saturated carbocycles. The highest BCUT2D eigenvalue weighted by molar-refractivity contribution is 5.96. The molecule has 0 aliphatic carbocycles. The molecule has 0 unspecified atom stereocenters. The number of nitrogens with zero attached hydrogens (tertiary/aromatic N) is 4. The first kappa shape index (κ1) is 23.4. The van der Waals surface area contributed by atoms with E-state index in [1.165, 1.54) is 0 Å². The lowest BCUT2D eigenvalue weighted by Gasteiger charge is -2.35. The van der Waals surface area contributed by atoms with E-state index in [1.807, 2.05) is 6.92 Å². The zero-order valence-electron chi connectivity index (χ0n) is 18.3. The van der Waals surface area contributed by atoms with Crippen molar-refractivity contribution in [1.29, 1.82) is 0 Å². The molecule has 2 N–H and O–H groups in total. The summed E-state index contributed by atoms with van der Waals surface area (Å²) in [4.78, 5) is 11.2. The first-order valence-corrected chi connectivity index (χ1v) is 10.6. The Bertz CT molecular complexity index is 1220. The monoisotopic (exact) mass is 472 g/mol. The Morgan fingerprint density at radius 2 is 1.91 bits per heavy atom. The van der Waals surface area contributed by atoms with E-state index in [4.69, 9.17) is 4.84 Å². The van der Waals surface area contributed by atoms with Gasteiger partial charge in [0.05, 0.1) is 23.8 Å². The summed E-state index contributed by atoms with van der Waals surface area (Å²) in [6, 6.07) is 6.33. The van der Waals surface area contributed by atoms with Gasteiger partial charge in [0.2, 0.25) is 0 Å². The van der Waals surface area contributed by atoms with Crippen LogP contribution < -0.4 is 0 Å². The summed E-state index contributed by atoms with van der Waals surface area (Å²) in [6.45, 7) is 2.06. The summed E-state index contributed by atoms with van der Waals surface area (Å²) in [5, 5.41) is 23.8. The molecule has 0 amide bonds. The number of phenols is 1. The fourth-order valence-corrected chi connectivity index (χ4v) is 3.74. The number of aliphatic hydroxyl groups excluding tert-OH is 1. The van der Waals surface area contributed by atoms with Gasteiger partial charge in [0.15, 0.2) is 23.3 Å². The van der Waals surface area contributed by atoms with E-state index >= 15 is 0 Å². The number of benzene rings is 2. The first-order valence-electron chi connectivity index (χ1n) is 10.6. The van der Waals surface area contributed by atoms with Crippen molar-refractivity contribution in [3.8, 4) is 11.4 Å². The fourth-order valence-electron chi connectivity index (χ4n) is 3.74. The van der Waals surface area contributed by atoms with Crippen molar-refractivity contribution in [3.05, 3.63) is 83.2 Å². The van der Waals surface area contributed by atoms with Crippen molar-refractivity contribution in [2.75, 3.05) is 19.8 Å². The van der Waals surface area contributed by atoms with Crippen molar-refractivity contribution < 1.29 is 28.2 Å². The van der Waals surface area contributed by atoms with Crippen molar-refractivity contribution >= 4 is 11.9 Å². The van der Waals surface area contributed by atoms with Crippen LogP contribution in [0.2, 0.25) is 0 Å². The highest BCUT2D eigenvalue weighted by Gasteiger charge is 2.29. The largest absolute Gasteiger partial charge is 0.506 e. The molecule has 1 aromatic heterocycles. The molecule has 7 nitrogen and oxygen atoms in total. The van der Waals surface area contributed by atoms with Crippen LogP contribution in [-0.2, 0) is 4.84 Å². The highest BCUT2D eigenvalue weighted by Crippen LogP contribution is 2.29. The molecule has 1 aliphatic heterocycles. The van der Waals surface area contributed by atoms with Gasteiger partial charge in [0, 0.05) is 19.3 Å². The molecule has 0 spiro atoms. The average molecular weight is 472 g/mol. The van der Waals surface area contributed by atoms with Gasteiger partial charge >= 0.3 is 0 Å². The molecule has 34 heavy (non-hydrogen) atoms. The second kappa shape index (κ2) is 10.0. The zero-order chi connectivity index (χ0) is 24.2. The van der Waals surface area contributed by atoms with Gasteiger partial charge in [0.1, 0.15) is 12.4 Å². The van der Waals surface area contributed by atoms with Crippen LogP contribution in [0.1, 0.15) is 29.3 Å². The van der Waals surface area contributed by atoms with Crippen LogP contribution in [0.15, 0.2) is 54.1 Å². The number of aromatic hydroxyl groups is 1. The number of aryl methyl sites for hydroxylation is 1. The van der Waals surface area contributed by atoms with E-state index in [0.717, 1.165) is 17.8 Å². The van der Waals surface area contributed by atoms with Crippen LogP contribution in [0, 0.1) is 24.4 Å². The maximum Gasteiger partial charge on any atom is 0.194 e. The summed E-state index contributed by atoms with van der Waals surface area (Å²) < 4.78 is 42.8. The van der Waals surface area contributed by atoms with E-state index in [1.54, 1.807) is 52.3 Å². The minimum atomic E-state index is -1.54. The topological polar surface area (TPSA) is 83.1 Å². The Balaban J connectivity index is 1.59. The van der Waals surface area contributed by atoms with Gasteiger partial charge in [0.25, 0.3) is 0 Å².